The fourth-order valence-corrected chi connectivity index (χ4v) is 1.70. The number of nitrogens with one attached hydrogen (secondary N) is 1. The van der Waals surface area contributed by atoms with Crippen molar-refractivity contribution in [2.45, 2.75) is 6.92 Å². The number of anilines is 2. The van der Waals surface area contributed by atoms with Crippen molar-refractivity contribution in [1.29, 1.82) is 0 Å². The van der Waals surface area contributed by atoms with E-state index in [9.17, 15) is 0 Å². The zero-order valence-corrected chi connectivity index (χ0v) is 10.9. The minimum Gasteiger partial charge on any atom is -0.492 e. The van der Waals surface area contributed by atoms with Crippen LogP contribution in [-0.4, -0.2) is 16.6 Å². The topological polar surface area (TPSA) is 47.0 Å². The Hall–Kier alpha value is -1.62. The van der Waals surface area contributed by atoms with Gasteiger partial charge in [-0.05, 0) is 35.0 Å². The first-order valence-corrected chi connectivity index (χ1v) is 6.05. The van der Waals surface area contributed by atoms with Crippen LogP contribution in [0.25, 0.3) is 0 Å². The minimum absolute atomic E-state index is 0.631. The number of benzene rings is 1. The summed E-state index contributed by atoms with van der Waals surface area (Å²) in [5.41, 5.74) is 0.889. The zero-order chi connectivity index (χ0) is 12.1. The first kappa shape index (κ1) is 11.9. The Labute approximate surface area is 108 Å². The number of aromatic nitrogens is 2. The Morgan fingerprint density at radius 3 is 2.88 bits per heavy atom. The molecule has 1 aromatic heterocycles. The van der Waals surface area contributed by atoms with E-state index >= 15 is 0 Å². The van der Waals surface area contributed by atoms with Crippen molar-refractivity contribution >= 4 is 27.4 Å². The molecule has 4 nitrogen and oxygen atoms in total. The maximum absolute atomic E-state index is 5.52. The maximum atomic E-state index is 5.52. The molecule has 0 bridgehead atoms. The molecule has 1 aromatic carbocycles. The van der Waals surface area contributed by atoms with Gasteiger partial charge >= 0.3 is 0 Å². The van der Waals surface area contributed by atoms with Crippen molar-refractivity contribution in [2.24, 2.45) is 0 Å². The van der Waals surface area contributed by atoms with Crippen molar-refractivity contribution in [3.05, 3.63) is 41.3 Å². The van der Waals surface area contributed by atoms with Gasteiger partial charge in [-0.25, -0.2) is 9.97 Å². The van der Waals surface area contributed by atoms with Gasteiger partial charge in [-0.15, -0.1) is 0 Å². The SMILES string of the molecule is CCOc1ccccc1Nc1cc(Br)ncn1. The quantitative estimate of drug-likeness (QED) is 0.878. The molecule has 0 aliphatic heterocycles. The van der Waals surface area contributed by atoms with Gasteiger partial charge in [0.2, 0.25) is 0 Å². The smallest absolute Gasteiger partial charge is 0.142 e. The fourth-order valence-electron chi connectivity index (χ4n) is 1.39. The first-order valence-electron chi connectivity index (χ1n) is 5.26. The summed E-state index contributed by atoms with van der Waals surface area (Å²) >= 11 is 3.30. The predicted octanol–water partition coefficient (Wildman–Crippen LogP) is 3.38. The Balaban J connectivity index is 2.23. The lowest BCUT2D eigenvalue weighted by Gasteiger charge is -2.11. The van der Waals surface area contributed by atoms with E-state index in [1.807, 2.05) is 37.3 Å². The van der Waals surface area contributed by atoms with Gasteiger partial charge in [0.1, 0.15) is 22.5 Å². The Kier molecular flexibility index (Phi) is 3.93. The number of rotatable bonds is 4. The second kappa shape index (κ2) is 5.63. The predicted molar refractivity (Wildman–Crippen MR) is 70.6 cm³/mol. The van der Waals surface area contributed by atoms with E-state index in [-0.39, 0.29) is 0 Å². The Morgan fingerprint density at radius 2 is 2.12 bits per heavy atom. The van der Waals surface area contributed by atoms with E-state index in [4.69, 9.17) is 4.74 Å². The summed E-state index contributed by atoms with van der Waals surface area (Å²) in [6.45, 7) is 2.59. The summed E-state index contributed by atoms with van der Waals surface area (Å²) in [5.74, 6) is 1.53. The molecular weight excluding hydrogens is 282 g/mol. The van der Waals surface area contributed by atoms with Gasteiger partial charge in [0.25, 0.3) is 0 Å². The molecule has 0 aliphatic carbocycles. The highest BCUT2D eigenvalue weighted by molar-refractivity contribution is 9.10. The standard InChI is InChI=1S/C12H12BrN3O/c1-2-17-10-6-4-3-5-9(10)16-12-7-11(13)14-8-15-12/h3-8H,2H2,1H3,(H,14,15,16). The monoisotopic (exact) mass is 293 g/mol. The van der Waals surface area contributed by atoms with Crippen LogP contribution in [0.2, 0.25) is 0 Å². The summed E-state index contributed by atoms with van der Waals surface area (Å²) in [5, 5.41) is 3.19. The molecule has 2 aromatic rings. The molecule has 2 rings (SSSR count). The molecule has 0 atom stereocenters. The summed E-state index contributed by atoms with van der Waals surface area (Å²) < 4.78 is 6.26. The zero-order valence-electron chi connectivity index (χ0n) is 9.35. The van der Waals surface area contributed by atoms with Crippen LogP contribution < -0.4 is 10.1 Å². The lowest BCUT2D eigenvalue weighted by Crippen LogP contribution is -1.99. The van der Waals surface area contributed by atoms with E-state index in [1.54, 1.807) is 0 Å². The van der Waals surface area contributed by atoms with Crippen LogP contribution in [-0.2, 0) is 0 Å². The molecule has 0 fully saturated rings. The number of ether oxygens (including phenoxy) is 1. The van der Waals surface area contributed by atoms with Crippen LogP contribution in [0.1, 0.15) is 6.92 Å². The van der Waals surface area contributed by atoms with Crippen molar-refractivity contribution in [3.63, 3.8) is 0 Å². The average molecular weight is 294 g/mol. The van der Waals surface area contributed by atoms with Crippen LogP contribution in [0, 0.1) is 0 Å². The summed E-state index contributed by atoms with van der Waals surface area (Å²) in [7, 11) is 0. The van der Waals surface area contributed by atoms with Crippen LogP contribution in [0.4, 0.5) is 11.5 Å². The molecule has 0 unspecified atom stereocenters. The highest BCUT2D eigenvalue weighted by Crippen LogP contribution is 2.26. The Morgan fingerprint density at radius 1 is 1.29 bits per heavy atom. The van der Waals surface area contributed by atoms with Crippen LogP contribution >= 0.6 is 15.9 Å². The van der Waals surface area contributed by atoms with E-state index in [0.29, 0.717) is 6.61 Å². The number of hydrogen-bond donors (Lipinski definition) is 1. The lowest BCUT2D eigenvalue weighted by atomic mass is 10.3. The van der Waals surface area contributed by atoms with E-state index in [2.05, 4.69) is 31.2 Å². The van der Waals surface area contributed by atoms with Crippen molar-refractivity contribution < 1.29 is 4.74 Å². The van der Waals surface area contributed by atoms with E-state index in [0.717, 1.165) is 21.9 Å². The fraction of sp³-hybridized carbons (Fsp3) is 0.167. The third-order valence-corrected chi connectivity index (χ3v) is 2.52. The number of halogens is 1. The van der Waals surface area contributed by atoms with Gasteiger partial charge in [-0.2, -0.15) is 0 Å². The van der Waals surface area contributed by atoms with Gasteiger partial charge in [-0.1, -0.05) is 12.1 Å². The molecule has 0 aliphatic rings. The van der Waals surface area contributed by atoms with Crippen LogP contribution in [0.15, 0.2) is 41.3 Å². The highest BCUT2D eigenvalue weighted by Gasteiger charge is 2.03. The molecule has 0 amide bonds. The molecule has 0 saturated heterocycles. The van der Waals surface area contributed by atoms with Crippen molar-refractivity contribution in [1.82, 2.24) is 9.97 Å². The van der Waals surface area contributed by atoms with Gasteiger partial charge < -0.3 is 10.1 Å². The molecule has 0 saturated carbocycles. The Bertz CT molecular complexity index is 505. The van der Waals surface area contributed by atoms with E-state index < -0.39 is 0 Å². The van der Waals surface area contributed by atoms with Gasteiger partial charge in [0, 0.05) is 6.07 Å². The lowest BCUT2D eigenvalue weighted by molar-refractivity contribution is 0.342. The molecule has 88 valence electrons. The maximum Gasteiger partial charge on any atom is 0.142 e. The molecule has 0 spiro atoms. The third kappa shape index (κ3) is 3.17. The third-order valence-electron chi connectivity index (χ3n) is 2.08. The van der Waals surface area contributed by atoms with Crippen LogP contribution in [0.5, 0.6) is 5.75 Å². The summed E-state index contributed by atoms with van der Waals surface area (Å²) in [6.07, 6.45) is 1.50. The average Bonchev–Trinajstić information content (AvgIpc) is 2.32. The number of para-hydroxylation sites is 2. The molecular formula is C12H12BrN3O. The molecule has 1 heterocycles. The molecule has 0 radical (unpaired) electrons. The normalized spacial score (nSPS) is 10.0. The first-order chi connectivity index (χ1) is 8.29. The minimum atomic E-state index is 0.631. The summed E-state index contributed by atoms with van der Waals surface area (Å²) in [6, 6.07) is 9.55. The highest BCUT2D eigenvalue weighted by atomic mass is 79.9. The second-order valence-electron chi connectivity index (χ2n) is 3.28. The van der Waals surface area contributed by atoms with E-state index in [1.165, 1.54) is 6.33 Å². The number of nitrogens with zero attached hydrogens (tertiary/aromatic N) is 2. The van der Waals surface area contributed by atoms with Crippen molar-refractivity contribution in [3.8, 4) is 5.75 Å². The largest absolute Gasteiger partial charge is 0.492 e. The van der Waals surface area contributed by atoms with Gasteiger partial charge in [0.05, 0.1) is 12.3 Å². The van der Waals surface area contributed by atoms with Gasteiger partial charge in [0.15, 0.2) is 0 Å². The van der Waals surface area contributed by atoms with Gasteiger partial charge in [-0.3, -0.25) is 0 Å². The molecule has 17 heavy (non-hydrogen) atoms. The van der Waals surface area contributed by atoms with Crippen molar-refractivity contribution in [2.75, 3.05) is 11.9 Å². The molecule has 5 heteroatoms. The second-order valence-corrected chi connectivity index (χ2v) is 4.09. The van der Waals surface area contributed by atoms with Crippen LogP contribution in [0.3, 0.4) is 0 Å². The molecule has 1 N–H and O–H groups in total. The summed E-state index contributed by atoms with van der Waals surface area (Å²) in [4.78, 5) is 8.10. The number of hydrogen-bond acceptors (Lipinski definition) is 4.